The van der Waals surface area contributed by atoms with Crippen LogP contribution in [0.3, 0.4) is 0 Å². The molecule has 6 heteroatoms. The second-order valence-corrected chi connectivity index (χ2v) is 8.41. The summed E-state index contributed by atoms with van der Waals surface area (Å²) in [5, 5.41) is 0. The van der Waals surface area contributed by atoms with Gasteiger partial charge in [0.25, 0.3) is 11.8 Å². The Morgan fingerprint density at radius 2 is 1.78 bits per heavy atom. The smallest absolute Gasteiger partial charge is 0.257 e. The van der Waals surface area contributed by atoms with E-state index in [1.165, 1.54) is 0 Å². The van der Waals surface area contributed by atoms with Gasteiger partial charge in [0.2, 0.25) is 0 Å². The number of fused-ring (bicyclic) bond motifs is 1. The molecule has 0 aliphatic carbocycles. The molecule has 172 valence electrons. The molecule has 2 amide bonds. The lowest BCUT2D eigenvalue weighted by Gasteiger charge is -2.35. The van der Waals surface area contributed by atoms with Gasteiger partial charge in [-0.3, -0.25) is 9.59 Å². The van der Waals surface area contributed by atoms with Crippen LogP contribution in [0, 0.1) is 5.92 Å². The summed E-state index contributed by atoms with van der Waals surface area (Å²) >= 11 is 0. The summed E-state index contributed by atoms with van der Waals surface area (Å²) < 4.78 is 11.7. The highest BCUT2D eigenvalue weighted by Gasteiger charge is 2.30. The van der Waals surface area contributed by atoms with Gasteiger partial charge in [0.05, 0.1) is 24.3 Å². The first-order valence-electron chi connectivity index (χ1n) is 11.4. The largest absolute Gasteiger partial charge is 0.496 e. The molecule has 1 aliphatic heterocycles. The highest BCUT2D eigenvalue weighted by molar-refractivity contribution is 5.97. The van der Waals surface area contributed by atoms with E-state index in [2.05, 4.69) is 13.8 Å². The number of nitrogens with zero attached hydrogens (tertiary/aromatic N) is 2. The van der Waals surface area contributed by atoms with Gasteiger partial charge in [-0.15, -0.1) is 0 Å². The second kappa shape index (κ2) is 11.0. The van der Waals surface area contributed by atoms with Crippen molar-refractivity contribution in [2.75, 3.05) is 33.4 Å². The molecular weight excluding hydrogens is 404 g/mol. The van der Waals surface area contributed by atoms with E-state index in [1.807, 2.05) is 65.3 Å². The highest BCUT2D eigenvalue weighted by Crippen LogP contribution is 2.26. The number of carbonyl (C=O) groups excluding carboxylic acids is 2. The molecule has 1 atom stereocenters. The molecule has 0 saturated heterocycles. The van der Waals surface area contributed by atoms with Crippen molar-refractivity contribution < 1.29 is 19.1 Å². The predicted molar refractivity (Wildman–Crippen MR) is 125 cm³/mol. The van der Waals surface area contributed by atoms with E-state index in [-0.39, 0.29) is 23.8 Å². The van der Waals surface area contributed by atoms with E-state index in [0.717, 1.165) is 12.8 Å². The van der Waals surface area contributed by atoms with E-state index < -0.39 is 0 Å². The number of carbonyl (C=O) groups is 2. The molecule has 1 heterocycles. The van der Waals surface area contributed by atoms with Crippen molar-refractivity contribution in [3.8, 4) is 11.5 Å². The maximum absolute atomic E-state index is 13.7. The Labute approximate surface area is 191 Å². The van der Waals surface area contributed by atoms with Crippen molar-refractivity contribution in [1.82, 2.24) is 9.80 Å². The summed E-state index contributed by atoms with van der Waals surface area (Å²) in [5.41, 5.74) is 1.12. The minimum absolute atomic E-state index is 0.00766. The Kier molecular flexibility index (Phi) is 8.14. The predicted octanol–water partition coefficient (Wildman–Crippen LogP) is 4.50. The third kappa shape index (κ3) is 5.23. The Bertz CT molecular complexity index is 928. The molecule has 0 spiro atoms. The van der Waals surface area contributed by atoms with Crippen molar-refractivity contribution in [1.29, 1.82) is 0 Å². The van der Waals surface area contributed by atoms with Crippen molar-refractivity contribution in [2.24, 2.45) is 5.92 Å². The van der Waals surface area contributed by atoms with Gasteiger partial charge in [0, 0.05) is 19.6 Å². The van der Waals surface area contributed by atoms with Gasteiger partial charge in [0.1, 0.15) is 18.1 Å². The topological polar surface area (TPSA) is 59.1 Å². The van der Waals surface area contributed by atoms with Crippen molar-refractivity contribution in [3.63, 3.8) is 0 Å². The average Bonchev–Trinajstić information content (AvgIpc) is 2.81. The first-order valence-corrected chi connectivity index (χ1v) is 11.4. The first kappa shape index (κ1) is 23.6. The van der Waals surface area contributed by atoms with Crippen LogP contribution in [0.5, 0.6) is 11.5 Å². The number of para-hydroxylation sites is 2. The number of methoxy groups -OCH3 is 1. The van der Waals surface area contributed by atoms with Gasteiger partial charge in [-0.2, -0.15) is 0 Å². The summed E-state index contributed by atoms with van der Waals surface area (Å²) in [4.78, 5) is 30.5. The van der Waals surface area contributed by atoms with Crippen molar-refractivity contribution in [2.45, 2.75) is 39.7 Å². The van der Waals surface area contributed by atoms with Crippen LogP contribution in [0.15, 0.2) is 48.5 Å². The molecule has 2 aromatic rings. The Balaban J connectivity index is 1.97. The zero-order chi connectivity index (χ0) is 23.1. The molecule has 0 bridgehead atoms. The highest BCUT2D eigenvalue weighted by atomic mass is 16.5. The molecule has 0 N–H and O–H groups in total. The molecule has 0 saturated carbocycles. The van der Waals surface area contributed by atoms with E-state index in [0.29, 0.717) is 48.9 Å². The van der Waals surface area contributed by atoms with Crippen LogP contribution < -0.4 is 9.47 Å². The summed E-state index contributed by atoms with van der Waals surface area (Å²) in [6.45, 7) is 8.36. The number of amides is 2. The fraction of sp³-hybridized carbons (Fsp3) is 0.462. The first-order chi connectivity index (χ1) is 15.5. The van der Waals surface area contributed by atoms with Crippen LogP contribution in [0.25, 0.3) is 0 Å². The van der Waals surface area contributed by atoms with Crippen LogP contribution in [-0.4, -0.2) is 61.0 Å². The van der Waals surface area contributed by atoms with E-state index in [9.17, 15) is 9.59 Å². The van der Waals surface area contributed by atoms with E-state index in [1.54, 1.807) is 7.11 Å². The van der Waals surface area contributed by atoms with Crippen LogP contribution in [0.1, 0.15) is 54.3 Å². The lowest BCUT2D eigenvalue weighted by atomic mass is 10.0. The number of rotatable bonds is 4. The van der Waals surface area contributed by atoms with Crippen LogP contribution in [0.4, 0.5) is 0 Å². The third-order valence-corrected chi connectivity index (χ3v) is 6.04. The normalized spacial score (nSPS) is 17.8. The molecule has 3 rings (SSSR count). The van der Waals surface area contributed by atoms with Gasteiger partial charge >= 0.3 is 0 Å². The number of benzene rings is 2. The summed E-state index contributed by atoms with van der Waals surface area (Å²) in [6, 6.07) is 14.6. The number of hydrogen-bond acceptors (Lipinski definition) is 4. The fourth-order valence-electron chi connectivity index (χ4n) is 4.14. The van der Waals surface area contributed by atoms with Crippen molar-refractivity contribution in [3.05, 3.63) is 59.7 Å². The maximum Gasteiger partial charge on any atom is 0.257 e. The zero-order valence-electron chi connectivity index (χ0n) is 19.5. The Morgan fingerprint density at radius 3 is 2.50 bits per heavy atom. The minimum atomic E-state index is -0.141. The average molecular weight is 439 g/mol. The van der Waals surface area contributed by atoms with Gasteiger partial charge in [-0.05, 0) is 49.9 Å². The van der Waals surface area contributed by atoms with E-state index >= 15 is 0 Å². The molecule has 0 aromatic heterocycles. The molecule has 0 unspecified atom stereocenters. The summed E-state index contributed by atoms with van der Waals surface area (Å²) in [5.74, 6) is 1.24. The molecule has 0 fully saturated rings. The molecule has 0 radical (unpaired) electrons. The van der Waals surface area contributed by atoms with Gasteiger partial charge in [0.15, 0.2) is 0 Å². The summed E-state index contributed by atoms with van der Waals surface area (Å²) in [7, 11) is 1.58. The molecule has 1 aliphatic rings. The van der Waals surface area contributed by atoms with Gasteiger partial charge < -0.3 is 19.3 Å². The van der Waals surface area contributed by atoms with Crippen LogP contribution in [0.2, 0.25) is 0 Å². The molecule has 6 nitrogen and oxygen atoms in total. The Hall–Kier alpha value is -3.02. The quantitative estimate of drug-likeness (QED) is 0.705. The monoisotopic (exact) mass is 438 g/mol. The third-order valence-electron chi connectivity index (χ3n) is 6.04. The Morgan fingerprint density at radius 1 is 1.09 bits per heavy atom. The SMILES string of the molecule is CCN1CCCCN(C(=O)c2ccccc2OC)[C@@H](C(C)C)COc2ccccc2C1=O. The standard InChI is InChI=1S/C26H34N2O4/c1-5-27-16-10-11-17-28(26(30)20-12-6-8-14-23(20)31-4)22(19(2)3)18-32-24-15-9-7-13-21(24)25(27)29/h6-9,12-15,19,22H,5,10-11,16-18H2,1-4H3/t22-/m1/s1. The van der Waals surface area contributed by atoms with Crippen molar-refractivity contribution >= 4 is 11.8 Å². The molecule has 32 heavy (non-hydrogen) atoms. The molecular formula is C26H34N2O4. The van der Waals surface area contributed by atoms with Crippen LogP contribution in [-0.2, 0) is 0 Å². The zero-order valence-corrected chi connectivity index (χ0v) is 19.5. The van der Waals surface area contributed by atoms with Gasteiger partial charge in [-0.25, -0.2) is 0 Å². The fourth-order valence-corrected chi connectivity index (χ4v) is 4.14. The number of hydrogen-bond donors (Lipinski definition) is 0. The minimum Gasteiger partial charge on any atom is -0.496 e. The van der Waals surface area contributed by atoms with E-state index in [4.69, 9.17) is 9.47 Å². The molecule has 2 aromatic carbocycles. The second-order valence-electron chi connectivity index (χ2n) is 8.41. The lowest BCUT2D eigenvalue weighted by molar-refractivity contribution is 0.0509. The summed E-state index contributed by atoms with van der Waals surface area (Å²) in [6.07, 6.45) is 1.62. The lowest BCUT2D eigenvalue weighted by Crippen LogP contribution is -2.47. The van der Waals surface area contributed by atoms with Gasteiger partial charge in [-0.1, -0.05) is 38.1 Å². The maximum atomic E-state index is 13.7. The number of ether oxygens (including phenoxy) is 2. The van der Waals surface area contributed by atoms with Crippen LogP contribution >= 0.6 is 0 Å².